The van der Waals surface area contributed by atoms with Crippen molar-refractivity contribution in [3.8, 4) is 5.88 Å². The van der Waals surface area contributed by atoms with Gasteiger partial charge in [-0.1, -0.05) is 19.9 Å². The molecule has 0 radical (unpaired) electrons. The Morgan fingerprint density at radius 1 is 1.42 bits per heavy atom. The molecule has 0 N–H and O–H groups in total. The molecule has 1 aliphatic heterocycles. The summed E-state index contributed by atoms with van der Waals surface area (Å²) in [4.78, 5) is 23.5. The van der Waals surface area contributed by atoms with Gasteiger partial charge in [-0.05, 0) is 13.0 Å². The Balaban J connectivity index is 1.75. The van der Waals surface area contributed by atoms with Gasteiger partial charge in [0.1, 0.15) is 5.82 Å². The summed E-state index contributed by atoms with van der Waals surface area (Å²) in [7, 11) is 1.96. The molecule has 24 heavy (non-hydrogen) atoms. The molecule has 0 spiro atoms. The Morgan fingerprint density at radius 2 is 2.21 bits per heavy atom. The minimum atomic E-state index is 0.0000689. The van der Waals surface area contributed by atoms with Crippen molar-refractivity contribution in [2.45, 2.75) is 33.2 Å². The van der Waals surface area contributed by atoms with Crippen LogP contribution in [0.15, 0.2) is 30.6 Å². The molecule has 6 heteroatoms. The molecule has 0 bridgehead atoms. The summed E-state index contributed by atoms with van der Waals surface area (Å²) in [5.41, 5.74) is 0.754. The molecule has 2 aromatic heterocycles. The van der Waals surface area contributed by atoms with Crippen molar-refractivity contribution < 1.29 is 9.53 Å². The summed E-state index contributed by atoms with van der Waals surface area (Å²) in [6.07, 6.45) is 3.97. The molecule has 1 saturated heterocycles. The molecule has 1 atom stereocenters. The Labute approximate surface area is 142 Å². The van der Waals surface area contributed by atoms with Crippen LogP contribution < -0.4 is 4.74 Å². The van der Waals surface area contributed by atoms with E-state index in [0.29, 0.717) is 12.5 Å². The van der Waals surface area contributed by atoms with Gasteiger partial charge in [0.05, 0.1) is 24.8 Å². The number of aromatic nitrogens is 3. The van der Waals surface area contributed by atoms with Crippen LogP contribution in [0.4, 0.5) is 0 Å². The molecule has 128 valence electrons. The number of ether oxygens (including phenoxy) is 1. The summed E-state index contributed by atoms with van der Waals surface area (Å²) in [5.74, 6) is 1.56. The fourth-order valence-electron chi connectivity index (χ4n) is 3.33. The first kappa shape index (κ1) is 16.5. The lowest BCUT2D eigenvalue weighted by Gasteiger charge is -2.53. The van der Waals surface area contributed by atoms with E-state index in [1.807, 2.05) is 41.8 Å². The molecule has 1 amide bonds. The van der Waals surface area contributed by atoms with Crippen molar-refractivity contribution in [3.63, 3.8) is 0 Å². The number of hydrogen-bond acceptors (Lipinski definition) is 4. The van der Waals surface area contributed by atoms with Crippen LogP contribution in [0.25, 0.3) is 0 Å². The fraction of sp³-hybridized carbons (Fsp3) is 0.500. The monoisotopic (exact) mass is 328 g/mol. The average molecular weight is 328 g/mol. The van der Waals surface area contributed by atoms with Crippen LogP contribution in [-0.2, 0) is 18.3 Å². The van der Waals surface area contributed by atoms with E-state index in [-0.39, 0.29) is 23.8 Å². The number of amides is 1. The highest BCUT2D eigenvalue weighted by atomic mass is 16.5. The van der Waals surface area contributed by atoms with E-state index >= 15 is 0 Å². The SMILES string of the molecule is CCOc1cccc(CC(=O)N2CC(C)(C)C2c2nccn2C)n1. The molecule has 0 aromatic carbocycles. The highest BCUT2D eigenvalue weighted by Crippen LogP contribution is 2.47. The second-order valence-corrected chi connectivity index (χ2v) is 6.89. The minimum Gasteiger partial charge on any atom is -0.478 e. The van der Waals surface area contributed by atoms with Crippen molar-refractivity contribution in [1.29, 1.82) is 0 Å². The van der Waals surface area contributed by atoms with Crippen molar-refractivity contribution >= 4 is 5.91 Å². The van der Waals surface area contributed by atoms with Crippen LogP contribution in [0.3, 0.4) is 0 Å². The van der Waals surface area contributed by atoms with Crippen molar-refractivity contribution in [2.75, 3.05) is 13.2 Å². The van der Waals surface area contributed by atoms with Crippen molar-refractivity contribution in [3.05, 3.63) is 42.1 Å². The lowest BCUT2D eigenvalue weighted by atomic mass is 9.74. The van der Waals surface area contributed by atoms with Gasteiger partial charge in [0.15, 0.2) is 0 Å². The van der Waals surface area contributed by atoms with Crippen LogP contribution >= 0.6 is 0 Å². The highest BCUT2D eigenvalue weighted by Gasteiger charge is 2.50. The van der Waals surface area contributed by atoms with Gasteiger partial charge in [-0.2, -0.15) is 0 Å². The third kappa shape index (κ3) is 3.00. The predicted octanol–water partition coefficient (Wildman–Crippen LogP) is 2.37. The zero-order valence-electron chi connectivity index (χ0n) is 14.7. The topological polar surface area (TPSA) is 60.2 Å². The number of aryl methyl sites for hydroxylation is 1. The maximum atomic E-state index is 12.8. The molecule has 3 rings (SSSR count). The number of rotatable bonds is 5. The van der Waals surface area contributed by atoms with Gasteiger partial charge >= 0.3 is 0 Å². The lowest BCUT2D eigenvalue weighted by Crippen LogP contribution is -2.59. The van der Waals surface area contributed by atoms with E-state index < -0.39 is 0 Å². The molecule has 1 unspecified atom stereocenters. The normalized spacial score (nSPS) is 19.0. The molecule has 0 aliphatic carbocycles. The van der Waals surface area contributed by atoms with Gasteiger partial charge in [-0.3, -0.25) is 4.79 Å². The van der Waals surface area contributed by atoms with Crippen molar-refractivity contribution in [2.24, 2.45) is 12.5 Å². The lowest BCUT2D eigenvalue weighted by molar-refractivity contribution is -0.152. The third-order valence-electron chi connectivity index (χ3n) is 4.46. The first-order chi connectivity index (χ1) is 11.4. The summed E-state index contributed by atoms with van der Waals surface area (Å²) in [6.45, 7) is 7.55. The average Bonchev–Trinajstić information content (AvgIpc) is 2.91. The first-order valence-corrected chi connectivity index (χ1v) is 8.28. The second-order valence-electron chi connectivity index (χ2n) is 6.89. The zero-order chi connectivity index (χ0) is 17.3. The van der Waals surface area contributed by atoms with E-state index in [9.17, 15) is 4.79 Å². The maximum Gasteiger partial charge on any atom is 0.229 e. The van der Waals surface area contributed by atoms with E-state index in [4.69, 9.17) is 4.74 Å². The Morgan fingerprint density at radius 3 is 2.83 bits per heavy atom. The highest BCUT2D eigenvalue weighted by molar-refractivity contribution is 5.80. The van der Waals surface area contributed by atoms with E-state index in [0.717, 1.165) is 18.1 Å². The van der Waals surface area contributed by atoms with Crippen LogP contribution in [-0.4, -0.2) is 38.5 Å². The smallest absolute Gasteiger partial charge is 0.229 e. The number of pyridine rings is 1. The molecular weight excluding hydrogens is 304 g/mol. The Bertz CT molecular complexity index is 738. The number of likely N-dealkylation sites (tertiary alicyclic amines) is 1. The number of imidazole rings is 1. The number of nitrogens with zero attached hydrogens (tertiary/aromatic N) is 4. The van der Waals surface area contributed by atoms with Crippen LogP contribution in [0.1, 0.15) is 38.3 Å². The standard InChI is InChI=1S/C18H24N4O2/c1-5-24-14-8-6-7-13(20-14)11-15(23)22-12-18(2,3)16(22)17-19-9-10-21(17)4/h6-10,16H,5,11-12H2,1-4H3. The van der Waals surface area contributed by atoms with Gasteiger partial charge in [0.2, 0.25) is 11.8 Å². The van der Waals surface area contributed by atoms with Crippen LogP contribution in [0, 0.1) is 5.41 Å². The largest absolute Gasteiger partial charge is 0.478 e. The number of carbonyl (C=O) groups is 1. The van der Waals surface area contributed by atoms with Crippen LogP contribution in [0.2, 0.25) is 0 Å². The van der Waals surface area contributed by atoms with Gasteiger partial charge in [0.25, 0.3) is 0 Å². The van der Waals surface area contributed by atoms with Gasteiger partial charge in [-0.15, -0.1) is 0 Å². The quantitative estimate of drug-likeness (QED) is 0.845. The van der Waals surface area contributed by atoms with Crippen molar-refractivity contribution in [1.82, 2.24) is 19.4 Å². The summed E-state index contributed by atoms with van der Waals surface area (Å²) in [6, 6.07) is 5.54. The molecule has 2 aromatic rings. The fourth-order valence-corrected chi connectivity index (χ4v) is 3.33. The molecule has 1 fully saturated rings. The number of carbonyl (C=O) groups excluding carboxylic acids is 1. The molecular formula is C18H24N4O2. The molecule has 1 aliphatic rings. The molecule has 6 nitrogen and oxygen atoms in total. The van der Waals surface area contributed by atoms with Gasteiger partial charge in [0, 0.05) is 37.5 Å². The molecule has 0 saturated carbocycles. The zero-order valence-corrected chi connectivity index (χ0v) is 14.7. The summed E-state index contributed by atoms with van der Waals surface area (Å²) < 4.78 is 7.39. The molecule has 3 heterocycles. The van der Waals surface area contributed by atoms with E-state index in [1.54, 1.807) is 12.3 Å². The first-order valence-electron chi connectivity index (χ1n) is 8.28. The predicted molar refractivity (Wildman–Crippen MR) is 90.6 cm³/mol. The van der Waals surface area contributed by atoms with Crippen LogP contribution in [0.5, 0.6) is 5.88 Å². The Kier molecular flexibility index (Phi) is 4.30. The van der Waals surface area contributed by atoms with E-state index in [2.05, 4.69) is 23.8 Å². The third-order valence-corrected chi connectivity index (χ3v) is 4.46. The van der Waals surface area contributed by atoms with Gasteiger partial charge in [-0.25, -0.2) is 9.97 Å². The minimum absolute atomic E-state index is 0.0000689. The number of hydrogen-bond donors (Lipinski definition) is 0. The summed E-state index contributed by atoms with van der Waals surface area (Å²) >= 11 is 0. The van der Waals surface area contributed by atoms with Gasteiger partial charge < -0.3 is 14.2 Å². The maximum absolute atomic E-state index is 12.8. The Hall–Kier alpha value is -2.37. The summed E-state index contributed by atoms with van der Waals surface area (Å²) in [5, 5.41) is 0. The second kappa shape index (κ2) is 6.26. The van der Waals surface area contributed by atoms with E-state index in [1.165, 1.54) is 0 Å².